The number of hydrogen-bond acceptors (Lipinski definition) is 7. The first-order chi connectivity index (χ1) is 17.0. The van der Waals surface area contributed by atoms with Crippen molar-refractivity contribution >= 4 is 40.7 Å². The Morgan fingerprint density at radius 1 is 1.06 bits per heavy atom. The highest BCUT2D eigenvalue weighted by atomic mass is 32.1. The van der Waals surface area contributed by atoms with Crippen LogP contribution in [-0.2, 0) is 16.1 Å². The molecule has 2 N–H and O–H groups in total. The number of nitrogens with one attached hydrogen (secondary N) is 2. The van der Waals surface area contributed by atoms with Gasteiger partial charge in [0.15, 0.2) is 4.77 Å². The molecule has 0 atom stereocenters. The van der Waals surface area contributed by atoms with Gasteiger partial charge in [-0.15, -0.1) is 0 Å². The van der Waals surface area contributed by atoms with Crippen molar-refractivity contribution in [3.63, 3.8) is 0 Å². The van der Waals surface area contributed by atoms with Gasteiger partial charge in [-0.25, -0.2) is 4.79 Å². The van der Waals surface area contributed by atoms with E-state index in [4.69, 9.17) is 17.0 Å². The van der Waals surface area contributed by atoms with Gasteiger partial charge >= 0.3 is 5.97 Å². The lowest BCUT2D eigenvalue weighted by Crippen LogP contribution is -2.48. The summed E-state index contributed by atoms with van der Waals surface area (Å²) in [6, 6.07) is 15.0. The number of aromatic nitrogens is 2. The topological polar surface area (TPSA) is 99.7 Å². The first-order valence-electron chi connectivity index (χ1n) is 11.6. The first kappa shape index (κ1) is 24.6. The molecule has 2 heterocycles. The lowest BCUT2D eigenvalue weighted by Gasteiger charge is -2.36. The second-order valence-electron chi connectivity index (χ2n) is 8.40. The van der Waals surface area contributed by atoms with E-state index < -0.39 is 5.97 Å². The molecule has 3 aromatic rings. The number of esters is 1. The van der Waals surface area contributed by atoms with Crippen molar-refractivity contribution in [1.29, 1.82) is 0 Å². The molecule has 0 spiro atoms. The average molecular weight is 496 g/mol. The molecule has 2 aromatic carbocycles. The fourth-order valence-corrected chi connectivity index (χ4v) is 4.51. The fraction of sp³-hybridized carbons (Fsp3) is 0.360. The number of carbonyl (C=O) groups is 2. The normalized spacial score (nSPS) is 14.1. The number of nitrogens with zero attached hydrogens (tertiary/aromatic N) is 3. The van der Waals surface area contributed by atoms with E-state index in [1.807, 2.05) is 6.07 Å². The molecule has 184 valence electrons. The molecular weight excluding hydrogens is 466 g/mol. The summed E-state index contributed by atoms with van der Waals surface area (Å²) in [6.45, 7) is 5.33. The van der Waals surface area contributed by atoms with Gasteiger partial charge in [0.1, 0.15) is 0 Å². The van der Waals surface area contributed by atoms with Crippen LogP contribution in [-0.4, -0.2) is 72.7 Å². The molecule has 35 heavy (non-hydrogen) atoms. The van der Waals surface area contributed by atoms with Gasteiger partial charge in [-0.05, 0) is 42.5 Å². The Kier molecular flexibility index (Phi) is 7.94. The molecule has 4 rings (SSSR count). The highest BCUT2D eigenvalue weighted by molar-refractivity contribution is 7.71. The molecule has 1 aliphatic rings. The van der Waals surface area contributed by atoms with Gasteiger partial charge < -0.3 is 19.9 Å². The molecule has 0 unspecified atom stereocenters. The maximum absolute atomic E-state index is 12.9. The molecule has 10 heteroatoms. The van der Waals surface area contributed by atoms with Gasteiger partial charge in [-0.1, -0.05) is 18.2 Å². The van der Waals surface area contributed by atoms with Crippen LogP contribution in [0.2, 0.25) is 0 Å². The molecule has 1 aliphatic heterocycles. The average Bonchev–Trinajstić information content (AvgIpc) is 2.88. The van der Waals surface area contributed by atoms with Crippen molar-refractivity contribution in [2.24, 2.45) is 0 Å². The van der Waals surface area contributed by atoms with Gasteiger partial charge in [0, 0.05) is 57.9 Å². The summed E-state index contributed by atoms with van der Waals surface area (Å²) >= 11 is 5.32. The highest BCUT2D eigenvalue weighted by Crippen LogP contribution is 2.15. The largest absolute Gasteiger partial charge is 0.465 e. The van der Waals surface area contributed by atoms with Gasteiger partial charge in [0.05, 0.1) is 23.6 Å². The molecular formula is C25H29N5O4S. The zero-order chi connectivity index (χ0) is 24.8. The van der Waals surface area contributed by atoms with Crippen LogP contribution in [0.15, 0.2) is 53.3 Å². The highest BCUT2D eigenvalue weighted by Gasteiger charge is 2.17. The van der Waals surface area contributed by atoms with Crippen molar-refractivity contribution in [3.05, 3.63) is 69.2 Å². The van der Waals surface area contributed by atoms with Gasteiger partial charge in [0.25, 0.3) is 5.56 Å². The number of H-pyrrole nitrogens is 1. The van der Waals surface area contributed by atoms with Gasteiger partial charge in [0.2, 0.25) is 5.91 Å². The minimum absolute atomic E-state index is 0.129. The summed E-state index contributed by atoms with van der Waals surface area (Å²) in [6.07, 6.45) is 0.144. The number of amides is 1. The lowest BCUT2D eigenvalue weighted by molar-refractivity contribution is -0.121. The third kappa shape index (κ3) is 5.95. The molecule has 1 fully saturated rings. The number of para-hydroxylation sites is 1. The van der Waals surface area contributed by atoms with Crippen LogP contribution in [0.4, 0.5) is 5.69 Å². The van der Waals surface area contributed by atoms with Crippen LogP contribution in [0.25, 0.3) is 10.9 Å². The zero-order valence-electron chi connectivity index (χ0n) is 19.7. The van der Waals surface area contributed by atoms with E-state index in [0.29, 0.717) is 23.0 Å². The molecule has 1 amide bonds. The van der Waals surface area contributed by atoms with E-state index in [9.17, 15) is 14.4 Å². The molecule has 1 saturated heterocycles. The molecule has 1 aromatic heterocycles. The maximum atomic E-state index is 12.9. The van der Waals surface area contributed by atoms with Crippen molar-refractivity contribution < 1.29 is 14.3 Å². The molecule has 9 nitrogen and oxygen atoms in total. The molecule has 0 bridgehead atoms. The van der Waals surface area contributed by atoms with Crippen LogP contribution in [0.3, 0.4) is 0 Å². The minimum atomic E-state index is -0.495. The summed E-state index contributed by atoms with van der Waals surface area (Å²) in [5.41, 5.74) is 1.72. The third-order valence-electron chi connectivity index (χ3n) is 6.21. The van der Waals surface area contributed by atoms with E-state index in [1.54, 1.807) is 6.07 Å². The number of hydrogen-bond donors (Lipinski definition) is 2. The first-order valence-corrected chi connectivity index (χ1v) is 12.0. The molecule has 0 radical (unpaired) electrons. The minimum Gasteiger partial charge on any atom is -0.465 e. The Labute approximate surface area is 208 Å². The van der Waals surface area contributed by atoms with Gasteiger partial charge in [-0.2, -0.15) is 0 Å². The number of rotatable bonds is 8. The molecule has 0 aliphatic carbocycles. The zero-order valence-corrected chi connectivity index (χ0v) is 20.5. The van der Waals surface area contributed by atoms with E-state index in [0.717, 1.165) is 32.7 Å². The summed E-state index contributed by atoms with van der Waals surface area (Å²) in [7, 11) is 1.30. The van der Waals surface area contributed by atoms with Crippen LogP contribution in [0.5, 0.6) is 0 Å². The van der Waals surface area contributed by atoms with E-state index in [2.05, 4.69) is 44.4 Å². The molecule has 0 saturated carbocycles. The van der Waals surface area contributed by atoms with Crippen molar-refractivity contribution in [1.82, 2.24) is 19.8 Å². The second kappa shape index (κ2) is 11.3. The van der Waals surface area contributed by atoms with Crippen molar-refractivity contribution in [2.45, 2.75) is 13.0 Å². The van der Waals surface area contributed by atoms with Crippen molar-refractivity contribution in [2.75, 3.05) is 51.3 Å². The Hall–Kier alpha value is -3.50. The number of aromatic amines is 1. The SMILES string of the molecule is COC(=O)c1ccc2c(=O)n(CCC(=O)NCCN3CCN(c4ccccc4)CC3)c(=S)[nH]c2c1. The third-order valence-corrected chi connectivity index (χ3v) is 6.53. The standard InChI is InChI=1S/C25H29N5O4S/c1-34-24(33)18-7-8-20-21(17-18)27-25(35)30(23(20)32)11-9-22(31)26-10-12-28-13-15-29(16-14-28)19-5-3-2-4-6-19/h2-8,17H,9-16H2,1H3,(H,26,31)(H,27,35). The Morgan fingerprint density at radius 2 is 1.80 bits per heavy atom. The number of benzene rings is 2. The second-order valence-corrected chi connectivity index (χ2v) is 8.79. The van der Waals surface area contributed by atoms with Crippen LogP contribution in [0, 0.1) is 4.77 Å². The number of fused-ring (bicyclic) bond motifs is 1. The van der Waals surface area contributed by atoms with Crippen LogP contribution in [0.1, 0.15) is 16.8 Å². The summed E-state index contributed by atoms with van der Waals surface area (Å²) in [4.78, 5) is 44.7. The van der Waals surface area contributed by atoms with Gasteiger partial charge in [-0.3, -0.25) is 19.1 Å². The van der Waals surface area contributed by atoms with E-state index >= 15 is 0 Å². The maximum Gasteiger partial charge on any atom is 0.337 e. The Bertz CT molecular complexity index is 1310. The number of anilines is 1. The number of methoxy groups -OCH3 is 1. The Balaban J connectivity index is 1.26. The summed E-state index contributed by atoms with van der Waals surface area (Å²) in [5, 5.41) is 3.33. The fourth-order valence-electron chi connectivity index (χ4n) is 4.23. The smallest absolute Gasteiger partial charge is 0.337 e. The predicted octanol–water partition coefficient (Wildman–Crippen LogP) is 2.17. The Morgan fingerprint density at radius 3 is 2.51 bits per heavy atom. The van der Waals surface area contributed by atoms with E-state index in [-0.39, 0.29) is 29.2 Å². The number of carbonyl (C=O) groups excluding carboxylic acids is 2. The van der Waals surface area contributed by atoms with Crippen LogP contribution < -0.4 is 15.8 Å². The predicted molar refractivity (Wildman–Crippen MR) is 137 cm³/mol. The van der Waals surface area contributed by atoms with Crippen molar-refractivity contribution in [3.8, 4) is 0 Å². The summed E-state index contributed by atoms with van der Waals surface area (Å²) in [5.74, 6) is -0.625. The van der Waals surface area contributed by atoms with E-state index in [1.165, 1.54) is 29.5 Å². The lowest BCUT2D eigenvalue weighted by atomic mass is 10.1. The summed E-state index contributed by atoms with van der Waals surface area (Å²) < 4.78 is 6.29. The number of ether oxygens (including phenoxy) is 1. The quantitative estimate of drug-likeness (QED) is 0.365. The van der Waals surface area contributed by atoms with Crippen LogP contribution >= 0.6 is 12.2 Å². The number of piperazine rings is 1. The monoisotopic (exact) mass is 495 g/mol.